The second-order valence-electron chi connectivity index (χ2n) is 11.8. The minimum absolute atomic E-state index is 0.0747. The van der Waals surface area contributed by atoms with Crippen molar-refractivity contribution in [3.05, 3.63) is 83.9 Å². The minimum atomic E-state index is -4.68. The second kappa shape index (κ2) is 21.2. The molecule has 3 aromatic carbocycles. The standard InChI is InChI=1S/C39H49F3O6/c1-3-5-6-7-8-9-10-14-29-46-34-24-20-31(21-25-34)30-16-18-32(19-17-30)37(43)47-35-26-22-33(23-27-35)38(44)48-36(39(40,41)42)15-12-11-13-28-45-4-2/h16-27,36H,3-15,28-29H2,1-2H3. The van der Waals surface area contributed by atoms with E-state index in [9.17, 15) is 22.8 Å². The lowest BCUT2D eigenvalue weighted by atomic mass is 10.0. The van der Waals surface area contributed by atoms with Gasteiger partial charge in [0, 0.05) is 13.2 Å². The van der Waals surface area contributed by atoms with Crippen molar-refractivity contribution in [3.63, 3.8) is 0 Å². The topological polar surface area (TPSA) is 71.1 Å². The highest BCUT2D eigenvalue weighted by Gasteiger charge is 2.42. The molecule has 9 heteroatoms. The Hall–Kier alpha value is -3.85. The lowest BCUT2D eigenvalue weighted by molar-refractivity contribution is -0.206. The molecule has 0 N–H and O–H groups in total. The number of esters is 2. The molecule has 0 amide bonds. The van der Waals surface area contributed by atoms with Gasteiger partial charge in [-0.2, -0.15) is 13.2 Å². The highest BCUT2D eigenvalue weighted by atomic mass is 19.4. The summed E-state index contributed by atoms with van der Waals surface area (Å²) >= 11 is 0. The monoisotopic (exact) mass is 670 g/mol. The average molecular weight is 671 g/mol. The van der Waals surface area contributed by atoms with Crippen molar-refractivity contribution in [2.75, 3.05) is 19.8 Å². The van der Waals surface area contributed by atoms with Gasteiger partial charge in [-0.15, -0.1) is 0 Å². The number of rotatable bonds is 22. The van der Waals surface area contributed by atoms with Crippen LogP contribution >= 0.6 is 0 Å². The number of hydrogen-bond donors (Lipinski definition) is 0. The molecule has 48 heavy (non-hydrogen) atoms. The average Bonchev–Trinajstić information content (AvgIpc) is 3.08. The summed E-state index contributed by atoms with van der Waals surface area (Å²) in [6, 6.07) is 20.0. The van der Waals surface area contributed by atoms with E-state index in [1.54, 1.807) is 12.1 Å². The normalized spacial score (nSPS) is 12.0. The first-order valence-corrected chi connectivity index (χ1v) is 17.2. The summed E-state index contributed by atoms with van der Waals surface area (Å²) in [7, 11) is 0. The highest BCUT2D eigenvalue weighted by molar-refractivity contribution is 5.92. The van der Waals surface area contributed by atoms with Crippen molar-refractivity contribution in [2.45, 2.75) is 103 Å². The van der Waals surface area contributed by atoms with Crippen LogP contribution in [0.5, 0.6) is 11.5 Å². The van der Waals surface area contributed by atoms with Crippen molar-refractivity contribution in [2.24, 2.45) is 0 Å². The first-order valence-electron chi connectivity index (χ1n) is 17.2. The van der Waals surface area contributed by atoms with Crippen molar-refractivity contribution < 1.29 is 41.7 Å². The quantitative estimate of drug-likeness (QED) is 0.0602. The molecule has 0 aromatic heterocycles. The van der Waals surface area contributed by atoms with E-state index in [2.05, 4.69) is 6.92 Å². The van der Waals surface area contributed by atoms with Crippen LogP contribution in [0.4, 0.5) is 13.2 Å². The number of hydrogen-bond acceptors (Lipinski definition) is 6. The smallest absolute Gasteiger partial charge is 0.425 e. The van der Waals surface area contributed by atoms with Crippen LogP contribution in [0.1, 0.15) is 112 Å². The first kappa shape index (κ1) is 38.6. The Morgan fingerprint density at radius 2 is 1.10 bits per heavy atom. The summed E-state index contributed by atoms with van der Waals surface area (Å²) in [6.45, 7) is 5.82. The van der Waals surface area contributed by atoms with Crippen molar-refractivity contribution in [1.82, 2.24) is 0 Å². The number of benzene rings is 3. The van der Waals surface area contributed by atoms with Gasteiger partial charge in [0.2, 0.25) is 0 Å². The molecule has 6 nitrogen and oxygen atoms in total. The molecule has 0 aliphatic heterocycles. The van der Waals surface area contributed by atoms with Crippen LogP contribution in [-0.4, -0.2) is 44.0 Å². The van der Waals surface area contributed by atoms with E-state index in [0.29, 0.717) is 38.2 Å². The van der Waals surface area contributed by atoms with Crippen LogP contribution in [0.3, 0.4) is 0 Å². The number of halogens is 3. The van der Waals surface area contributed by atoms with Gasteiger partial charge in [-0.05, 0) is 92.3 Å². The molecule has 3 rings (SSSR count). The molecule has 3 aromatic rings. The largest absolute Gasteiger partial charge is 0.494 e. The number of carbonyl (C=O) groups is 2. The van der Waals surface area contributed by atoms with Gasteiger partial charge in [-0.25, -0.2) is 9.59 Å². The lowest BCUT2D eigenvalue weighted by Gasteiger charge is -2.20. The molecule has 0 aliphatic rings. The number of unbranched alkanes of at least 4 members (excludes halogenated alkanes) is 9. The van der Waals surface area contributed by atoms with Gasteiger partial charge in [0.25, 0.3) is 0 Å². The van der Waals surface area contributed by atoms with Gasteiger partial charge in [0.1, 0.15) is 11.5 Å². The molecule has 262 valence electrons. The summed E-state index contributed by atoms with van der Waals surface area (Å²) in [5.74, 6) is -0.735. The lowest BCUT2D eigenvalue weighted by Crippen LogP contribution is -2.33. The molecular formula is C39H49F3O6. The molecule has 0 heterocycles. The molecule has 1 unspecified atom stereocenters. The third-order valence-corrected chi connectivity index (χ3v) is 7.95. The third-order valence-electron chi connectivity index (χ3n) is 7.95. The highest BCUT2D eigenvalue weighted by Crippen LogP contribution is 2.29. The van der Waals surface area contributed by atoms with Gasteiger partial charge < -0.3 is 18.9 Å². The molecular weight excluding hydrogens is 621 g/mol. The predicted molar refractivity (Wildman–Crippen MR) is 182 cm³/mol. The van der Waals surface area contributed by atoms with Crippen LogP contribution < -0.4 is 9.47 Å². The molecule has 0 saturated heterocycles. The summed E-state index contributed by atoms with van der Waals surface area (Å²) in [4.78, 5) is 25.2. The summed E-state index contributed by atoms with van der Waals surface area (Å²) in [6.07, 6.45) is 4.26. The third kappa shape index (κ3) is 14.1. The van der Waals surface area contributed by atoms with Crippen molar-refractivity contribution in [3.8, 4) is 22.6 Å². The summed E-state index contributed by atoms with van der Waals surface area (Å²) in [5, 5.41) is 0. The fourth-order valence-electron chi connectivity index (χ4n) is 5.13. The van der Waals surface area contributed by atoms with Crippen LogP contribution in [0.2, 0.25) is 0 Å². The maximum absolute atomic E-state index is 13.5. The van der Waals surface area contributed by atoms with Gasteiger partial charge in [0.15, 0.2) is 6.10 Å². The van der Waals surface area contributed by atoms with E-state index in [4.69, 9.17) is 18.9 Å². The molecule has 0 aliphatic carbocycles. The summed E-state index contributed by atoms with van der Waals surface area (Å²) < 4.78 is 61.7. The second-order valence-corrected chi connectivity index (χ2v) is 11.8. The van der Waals surface area contributed by atoms with Crippen LogP contribution in [0, 0.1) is 0 Å². The zero-order valence-electron chi connectivity index (χ0n) is 28.2. The van der Waals surface area contributed by atoms with Crippen molar-refractivity contribution >= 4 is 11.9 Å². The van der Waals surface area contributed by atoms with E-state index in [1.807, 2.05) is 43.3 Å². The minimum Gasteiger partial charge on any atom is -0.494 e. The van der Waals surface area contributed by atoms with E-state index in [-0.39, 0.29) is 24.2 Å². The Kier molecular flexibility index (Phi) is 17.0. The molecule has 0 saturated carbocycles. The molecule has 0 radical (unpaired) electrons. The molecule has 1 atom stereocenters. The zero-order chi connectivity index (χ0) is 34.6. The maximum Gasteiger partial charge on any atom is 0.425 e. The van der Waals surface area contributed by atoms with Crippen LogP contribution in [-0.2, 0) is 9.47 Å². The Balaban J connectivity index is 1.44. The van der Waals surface area contributed by atoms with Crippen LogP contribution in [0.25, 0.3) is 11.1 Å². The van der Waals surface area contributed by atoms with E-state index >= 15 is 0 Å². The van der Waals surface area contributed by atoms with Gasteiger partial charge in [-0.3, -0.25) is 0 Å². The Morgan fingerprint density at radius 1 is 0.604 bits per heavy atom. The van der Waals surface area contributed by atoms with Gasteiger partial charge in [0.05, 0.1) is 17.7 Å². The Morgan fingerprint density at radius 3 is 1.71 bits per heavy atom. The van der Waals surface area contributed by atoms with Crippen LogP contribution in [0.15, 0.2) is 72.8 Å². The summed E-state index contributed by atoms with van der Waals surface area (Å²) in [5.41, 5.74) is 2.15. The molecule has 0 fully saturated rings. The molecule has 0 spiro atoms. The van der Waals surface area contributed by atoms with Gasteiger partial charge >= 0.3 is 18.1 Å². The van der Waals surface area contributed by atoms with E-state index in [0.717, 1.165) is 23.3 Å². The Bertz CT molecular complexity index is 1340. The zero-order valence-corrected chi connectivity index (χ0v) is 28.2. The number of ether oxygens (including phenoxy) is 4. The maximum atomic E-state index is 13.5. The van der Waals surface area contributed by atoms with E-state index in [1.165, 1.54) is 69.2 Å². The number of carbonyl (C=O) groups excluding carboxylic acids is 2. The fourth-order valence-corrected chi connectivity index (χ4v) is 5.13. The SMILES string of the molecule is CCCCCCCCCCOc1ccc(-c2ccc(C(=O)Oc3ccc(C(=O)OC(CCCCCOCC)C(F)(F)F)cc3)cc2)cc1. The predicted octanol–water partition coefficient (Wildman–Crippen LogP) is 10.8. The molecule has 0 bridgehead atoms. The van der Waals surface area contributed by atoms with Crippen molar-refractivity contribution in [1.29, 1.82) is 0 Å². The number of alkyl halides is 3. The Labute approximate surface area is 282 Å². The fraction of sp³-hybridized carbons (Fsp3) is 0.487. The van der Waals surface area contributed by atoms with Gasteiger partial charge in [-0.1, -0.05) is 82.6 Å². The van der Waals surface area contributed by atoms with E-state index < -0.39 is 24.2 Å². The first-order chi connectivity index (χ1) is 23.2.